The monoisotopic (exact) mass is 179 g/mol. The third kappa shape index (κ3) is 0.823. The molecule has 3 aliphatic carbocycles. The molecule has 3 saturated carbocycles. The highest BCUT2D eigenvalue weighted by molar-refractivity contribution is 5.11. The second-order valence-corrected chi connectivity index (χ2v) is 5.67. The Kier molecular flexibility index (Phi) is 1.59. The molecular formula is C12H21N. The minimum atomic E-state index is 0.454. The van der Waals surface area contributed by atoms with E-state index in [4.69, 9.17) is 5.73 Å². The van der Waals surface area contributed by atoms with E-state index in [0.717, 1.165) is 17.8 Å². The van der Waals surface area contributed by atoms with Crippen molar-refractivity contribution in [1.29, 1.82) is 0 Å². The van der Waals surface area contributed by atoms with Crippen LogP contribution in [-0.2, 0) is 0 Å². The number of nitrogens with two attached hydrogens (primary N) is 1. The molecule has 2 bridgehead atoms. The lowest BCUT2D eigenvalue weighted by atomic mass is 9.64. The minimum absolute atomic E-state index is 0.454. The Morgan fingerprint density at radius 2 is 2.15 bits per heavy atom. The van der Waals surface area contributed by atoms with E-state index >= 15 is 0 Å². The second-order valence-electron chi connectivity index (χ2n) is 5.67. The standard InChI is InChI=1S/C12H21N/c1-8(13)12-6-2-3-11(12)9-4-5-10(12)7-9/h8-11H,2-7,13H2,1H3. The maximum atomic E-state index is 6.26. The third-order valence-electron chi connectivity index (χ3n) is 5.47. The van der Waals surface area contributed by atoms with Gasteiger partial charge >= 0.3 is 0 Å². The van der Waals surface area contributed by atoms with Crippen LogP contribution >= 0.6 is 0 Å². The van der Waals surface area contributed by atoms with Crippen LogP contribution in [0.1, 0.15) is 45.4 Å². The summed E-state index contributed by atoms with van der Waals surface area (Å²) in [5, 5.41) is 0. The number of rotatable bonds is 1. The third-order valence-corrected chi connectivity index (χ3v) is 5.47. The summed E-state index contributed by atoms with van der Waals surface area (Å²) in [6.45, 7) is 2.26. The molecule has 5 unspecified atom stereocenters. The summed E-state index contributed by atoms with van der Waals surface area (Å²) in [6, 6.07) is 0.454. The summed E-state index contributed by atoms with van der Waals surface area (Å²) in [5.74, 6) is 3.09. The van der Waals surface area contributed by atoms with Gasteiger partial charge in [-0.3, -0.25) is 0 Å². The van der Waals surface area contributed by atoms with E-state index in [1.54, 1.807) is 0 Å². The van der Waals surface area contributed by atoms with E-state index in [1.807, 2.05) is 0 Å². The van der Waals surface area contributed by atoms with E-state index in [0.29, 0.717) is 11.5 Å². The lowest BCUT2D eigenvalue weighted by molar-refractivity contribution is 0.0839. The molecule has 74 valence electrons. The van der Waals surface area contributed by atoms with Gasteiger partial charge in [-0.1, -0.05) is 6.42 Å². The minimum Gasteiger partial charge on any atom is -0.327 e. The molecule has 3 rings (SSSR count). The van der Waals surface area contributed by atoms with Crippen molar-refractivity contribution in [3.05, 3.63) is 0 Å². The summed E-state index contributed by atoms with van der Waals surface area (Å²) in [6.07, 6.45) is 8.91. The smallest absolute Gasteiger partial charge is 0.00724 e. The maximum absolute atomic E-state index is 6.26. The second kappa shape index (κ2) is 2.50. The normalized spacial score (nSPS) is 55.4. The Morgan fingerprint density at radius 1 is 1.31 bits per heavy atom. The first-order valence-corrected chi connectivity index (χ1v) is 6.00. The highest BCUT2D eigenvalue weighted by atomic mass is 14.8. The molecule has 0 aromatic rings. The first kappa shape index (κ1) is 8.28. The van der Waals surface area contributed by atoms with Crippen molar-refractivity contribution in [2.45, 2.75) is 51.5 Å². The molecule has 0 saturated heterocycles. The van der Waals surface area contributed by atoms with Crippen LogP contribution in [0.3, 0.4) is 0 Å². The summed E-state index contributed by atoms with van der Waals surface area (Å²) in [4.78, 5) is 0. The lowest BCUT2D eigenvalue weighted by Crippen LogP contribution is -2.46. The van der Waals surface area contributed by atoms with Crippen LogP contribution in [0.5, 0.6) is 0 Å². The first-order valence-electron chi connectivity index (χ1n) is 6.00. The van der Waals surface area contributed by atoms with E-state index in [-0.39, 0.29) is 0 Å². The highest BCUT2D eigenvalue weighted by Crippen LogP contribution is 2.67. The largest absolute Gasteiger partial charge is 0.327 e. The van der Waals surface area contributed by atoms with E-state index in [1.165, 1.54) is 38.5 Å². The van der Waals surface area contributed by atoms with Crippen LogP contribution < -0.4 is 5.73 Å². The Bertz CT molecular complexity index is 223. The molecule has 3 aliphatic rings. The highest BCUT2D eigenvalue weighted by Gasteiger charge is 2.60. The Hall–Kier alpha value is -0.0400. The molecule has 13 heavy (non-hydrogen) atoms. The van der Waals surface area contributed by atoms with Crippen LogP contribution in [0.25, 0.3) is 0 Å². The van der Waals surface area contributed by atoms with Gasteiger partial charge < -0.3 is 5.73 Å². The molecule has 1 heteroatoms. The van der Waals surface area contributed by atoms with Crippen molar-refractivity contribution in [3.63, 3.8) is 0 Å². The molecule has 0 aromatic heterocycles. The fraction of sp³-hybridized carbons (Fsp3) is 1.00. The van der Waals surface area contributed by atoms with Crippen molar-refractivity contribution >= 4 is 0 Å². The molecule has 2 N–H and O–H groups in total. The zero-order valence-electron chi connectivity index (χ0n) is 8.63. The Labute approximate surface area is 81.1 Å². The topological polar surface area (TPSA) is 26.0 Å². The lowest BCUT2D eigenvalue weighted by Gasteiger charge is -2.43. The van der Waals surface area contributed by atoms with Gasteiger partial charge in [0.1, 0.15) is 0 Å². The zero-order valence-corrected chi connectivity index (χ0v) is 8.63. The Morgan fingerprint density at radius 3 is 2.85 bits per heavy atom. The van der Waals surface area contributed by atoms with Crippen LogP contribution in [-0.4, -0.2) is 6.04 Å². The van der Waals surface area contributed by atoms with Gasteiger partial charge in [-0.15, -0.1) is 0 Å². The van der Waals surface area contributed by atoms with Gasteiger partial charge in [0.15, 0.2) is 0 Å². The number of hydrogen-bond acceptors (Lipinski definition) is 1. The van der Waals surface area contributed by atoms with E-state index in [9.17, 15) is 0 Å². The van der Waals surface area contributed by atoms with Gasteiger partial charge in [0, 0.05) is 6.04 Å². The predicted octanol–water partition coefficient (Wildman–Crippen LogP) is 2.55. The van der Waals surface area contributed by atoms with Crippen molar-refractivity contribution in [2.75, 3.05) is 0 Å². The molecule has 3 fully saturated rings. The molecule has 0 aliphatic heterocycles. The molecule has 0 spiro atoms. The van der Waals surface area contributed by atoms with Crippen molar-refractivity contribution in [2.24, 2.45) is 28.9 Å². The Balaban J connectivity index is 1.99. The molecule has 0 radical (unpaired) electrons. The van der Waals surface area contributed by atoms with Gasteiger partial charge in [0.25, 0.3) is 0 Å². The van der Waals surface area contributed by atoms with Crippen LogP contribution in [0.15, 0.2) is 0 Å². The van der Waals surface area contributed by atoms with Gasteiger partial charge in [0.05, 0.1) is 0 Å². The number of fused-ring (bicyclic) bond motifs is 5. The molecule has 1 nitrogen and oxygen atoms in total. The average molecular weight is 179 g/mol. The molecule has 0 aromatic carbocycles. The number of hydrogen-bond donors (Lipinski definition) is 1. The fourth-order valence-electron chi connectivity index (χ4n) is 5.07. The van der Waals surface area contributed by atoms with E-state index in [2.05, 4.69) is 6.92 Å². The predicted molar refractivity (Wildman–Crippen MR) is 54.3 cm³/mol. The SMILES string of the molecule is CC(N)C12CCCC1C1CCC2C1. The summed E-state index contributed by atoms with van der Waals surface area (Å²) in [7, 11) is 0. The quantitative estimate of drug-likeness (QED) is 0.657. The molecule has 0 heterocycles. The van der Waals surface area contributed by atoms with Crippen LogP contribution in [0.4, 0.5) is 0 Å². The summed E-state index contributed by atoms with van der Waals surface area (Å²) < 4.78 is 0. The van der Waals surface area contributed by atoms with Gasteiger partial charge in [-0.2, -0.15) is 0 Å². The molecular weight excluding hydrogens is 158 g/mol. The van der Waals surface area contributed by atoms with E-state index < -0.39 is 0 Å². The van der Waals surface area contributed by atoms with Crippen molar-refractivity contribution in [3.8, 4) is 0 Å². The fourth-order valence-corrected chi connectivity index (χ4v) is 5.07. The van der Waals surface area contributed by atoms with Crippen LogP contribution in [0.2, 0.25) is 0 Å². The van der Waals surface area contributed by atoms with Crippen molar-refractivity contribution < 1.29 is 0 Å². The maximum Gasteiger partial charge on any atom is 0.00724 e. The van der Waals surface area contributed by atoms with Crippen molar-refractivity contribution in [1.82, 2.24) is 0 Å². The average Bonchev–Trinajstić information content (AvgIpc) is 2.76. The van der Waals surface area contributed by atoms with Gasteiger partial charge in [-0.25, -0.2) is 0 Å². The van der Waals surface area contributed by atoms with Gasteiger partial charge in [0.2, 0.25) is 0 Å². The zero-order chi connectivity index (χ0) is 9.05. The first-order chi connectivity index (χ1) is 6.25. The van der Waals surface area contributed by atoms with Gasteiger partial charge in [-0.05, 0) is 62.2 Å². The van der Waals surface area contributed by atoms with Crippen LogP contribution in [0, 0.1) is 23.2 Å². The molecule has 0 amide bonds. The summed E-state index contributed by atoms with van der Waals surface area (Å²) in [5.41, 5.74) is 6.86. The molecule has 5 atom stereocenters. The summed E-state index contributed by atoms with van der Waals surface area (Å²) >= 11 is 0.